The molecule has 5 aromatic rings. The van der Waals surface area contributed by atoms with Gasteiger partial charge in [-0.2, -0.15) is 10.2 Å². The monoisotopic (exact) mass is 630 g/mol. The van der Waals surface area contributed by atoms with Crippen molar-refractivity contribution in [2.24, 2.45) is 5.92 Å². The second-order valence-electron chi connectivity index (χ2n) is 11.1. The third-order valence-electron chi connectivity index (χ3n) is 8.41. The van der Waals surface area contributed by atoms with E-state index in [9.17, 15) is 23.4 Å². The van der Waals surface area contributed by atoms with Gasteiger partial charge in [0.2, 0.25) is 0 Å². The van der Waals surface area contributed by atoms with Crippen LogP contribution in [-0.4, -0.2) is 70.8 Å². The zero-order valence-corrected chi connectivity index (χ0v) is 24.6. The number of nitrogens with zero attached hydrogens (tertiary/aromatic N) is 6. The second-order valence-corrected chi connectivity index (χ2v) is 12.4. The SMILES string of the molecule is COC12C(C(C)O)O[C@@H](c3nc(C)nn3-c3cc4sc(C)nc4cc3F)C(O)C1C2n1cc(-c2cc(F)c(F)c(F)c2)cn1. The molecule has 10 nitrogen and oxygen atoms in total. The van der Waals surface area contributed by atoms with Gasteiger partial charge in [0.1, 0.15) is 29.3 Å². The van der Waals surface area contributed by atoms with Gasteiger partial charge in [0.05, 0.1) is 39.7 Å². The first-order valence-corrected chi connectivity index (χ1v) is 14.5. The predicted molar refractivity (Wildman–Crippen MR) is 149 cm³/mol. The van der Waals surface area contributed by atoms with E-state index in [2.05, 4.69) is 20.2 Å². The Labute approximate surface area is 251 Å². The third-order valence-corrected chi connectivity index (χ3v) is 9.34. The van der Waals surface area contributed by atoms with Crippen molar-refractivity contribution >= 4 is 21.6 Å². The van der Waals surface area contributed by atoms with E-state index in [0.29, 0.717) is 11.3 Å². The molecule has 2 fully saturated rings. The van der Waals surface area contributed by atoms with Crippen molar-refractivity contribution in [2.45, 2.75) is 56.8 Å². The first-order valence-electron chi connectivity index (χ1n) is 13.7. The molecule has 0 spiro atoms. The molecular formula is C29H26F4N6O4S. The summed E-state index contributed by atoms with van der Waals surface area (Å²) in [6.07, 6.45) is -1.72. The summed E-state index contributed by atoms with van der Waals surface area (Å²) in [5.41, 5.74) is -0.309. The number of aliphatic hydroxyl groups is 2. The van der Waals surface area contributed by atoms with Crippen LogP contribution < -0.4 is 0 Å². The van der Waals surface area contributed by atoms with Gasteiger partial charge in [-0.3, -0.25) is 4.68 Å². The average Bonchev–Trinajstić information content (AvgIpc) is 3.29. The van der Waals surface area contributed by atoms with Gasteiger partial charge in [0, 0.05) is 30.9 Å². The number of ether oxygens (including phenoxy) is 2. The molecule has 1 aliphatic heterocycles. The van der Waals surface area contributed by atoms with Crippen LogP contribution in [0.2, 0.25) is 0 Å². The van der Waals surface area contributed by atoms with Crippen LogP contribution in [0.1, 0.15) is 35.7 Å². The summed E-state index contributed by atoms with van der Waals surface area (Å²) in [5, 5.41) is 32.2. The summed E-state index contributed by atoms with van der Waals surface area (Å²) < 4.78 is 72.6. The van der Waals surface area contributed by atoms with E-state index in [-0.39, 0.29) is 22.6 Å². The van der Waals surface area contributed by atoms with Crippen molar-refractivity contribution in [1.82, 2.24) is 29.5 Å². The lowest BCUT2D eigenvalue weighted by Gasteiger charge is -2.39. The normalized spacial score (nSPS) is 27.1. The molecule has 4 heterocycles. The third kappa shape index (κ3) is 4.21. The molecule has 44 heavy (non-hydrogen) atoms. The van der Waals surface area contributed by atoms with Crippen LogP contribution in [-0.2, 0) is 9.47 Å². The molecule has 7 atom stereocenters. The van der Waals surface area contributed by atoms with Gasteiger partial charge in [-0.15, -0.1) is 11.3 Å². The minimum absolute atomic E-state index is 0.0585. The highest BCUT2D eigenvalue weighted by Crippen LogP contribution is 2.66. The molecule has 230 valence electrons. The van der Waals surface area contributed by atoms with E-state index in [1.807, 2.05) is 6.92 Å². The van der Waals surface area contributed by atoms with Crippen LogP contribution in [0.3, 0.4) is 0 Å². The largest absolute Gasteiger partial charge is 0.391 e. The summed E-state index contributed by atoms with van der Waals surface area (Å²) in [7, 11) is 1.42. The van der Waals surface area contributed by atoms with Crippen LogP contribution in [0.5, 0.6) is 0 Å². The lowest BCUT2D eigenvalue weighted by atomic mass is 9.95. The van der Waals surface area contributed by atoms with E-state index in [0.717, 1.165) is 21.8 Å². The highest BCUT2D eigenvalue weighted by molar-refractivity contribution is 7.18. The smallest absolute Gasteiger partial charge is 0.194 e. The molecule has 1 aliphatic carbocycles. The summed E-state index contributed by atoms with van der Waals surface area (Å²) in [6, 6.07) is 3.95. The van der Waals surface area contributed by atoms with Crippen LogP contribution >= 0.6 is 11.3 Å². The van der Waals surface area contributed by atoms with E-state index in [1.54, 1.807) is 13.0 Å². The summed E-state index contributed by atoms with van der Waals surface area (Å²) in [5.74, 6) is -5.15. The number of aliphatic hydroxyl groups excluding tert-OH is 2. The standard InChI is InChI=1S/C29H26F4N6O4S/c1-11(40)27-29(42-4)22(26(29)38-10-15(9-34-38)14-5-17(31)23(33)18(32)6-14)24(41)25(43-27)28-35-12(2)37-39(28)20-8-21-19(7-16(20)30)36-13(3)44-21/h5-11,22,24-27,40-41H,1-4H3/t11?,22?,24?,25-,26?,27?,29?/m1/s1. The first kappa shape index (κ1) is 29.0. The molecule has 2 N–H and O–H groups in total. The fourth-order valence-electron chi connectivity index (χ4n) is 6.55. The summed E-state index contributed by atoms with van der Waals surface area (Å²) in [4.78, 5) is 8.82. The molecule has 6 unspecified atom stereocenters. The van der Waals surface area contributed by atoms with Crippen molar-refractivity contribution in [3.05, 3.63) is 76.6 Å². The van der Waals surface area contributed by atoms with Gasteiger partial charge in [0.15, 0.2) is 29.1 Å². The van der Waals surface area contributed by atoms with Crippen LogP contribution in [0.25, 0.3) is 27.0 Å². The topological polar surface area (TPSA) is 120 Å². The van der Waals surface area contributed by atoms with Gasteiger partial charge in [-0.1, -0.05) is 0 Å². The number of thiazole rings is 1. The van der Waals surface area contributed by atoms with Gasteiger partial charge >= 0.3 is 0 Å². The Hall–Kier alpha value is -3.76. The number of hydrogen-bond donors (Lipinski definition) is 2. The molecule has 2 aromatic carbocycles. The van der Waals surface area contributed by atoms with Crippen molar-refractivity contribution in [3.63, 3.8) is 0 Å². The number of aryl methyl sites for hydroxylation is 2. The van der Waals surface area contributed by atoms with Gasteiger partial charge in [-0.25, -0.2) is 32.2 Å². The summed E-state index contributed by atoms with van der Waals surface area (Å²) >= 11 is 1.39. The molecule has 0 bridgehead atoms. The number of aromatic nitrogens is 6. The molecule has 0 amide bonds. The number of benzene rings is 2. The van der Waals surface area contributed by atoms with E-state index in [4.69, 9.17) is 9.47 Å². The molecule has 1 saturated carbocycles. The molecule has 15 heteroatoms. The Morgan fingerprint density at radius 1 is 1.05 bits per heavy atom. The van der Waals surface area contributed by atoms with Crippen molar-refractivity contribution in [2.75, 3.05) is 7.11 Å². The molecule has 7 rings (SSSR count). The van der Waals surface area contributed by atoms with Crippen molar-refractivity contribution in [1.29, 1.82) is 0 Å². The minimum atomic E-state index is -1.58. The van der Waals surface area contributed by atoms with Gasteiger partial charge < -0.3 is 19.7 Å². The van der Waals surface area contributed by atoms with E-state index >= 15 is 4.39 Å². The lowest BCUT2D eigenvalue weighted by Crippen LogP contribution is -2.51. The van der Waals surface area contributed by atoms with E-state index in [1.165, 1.54) is 53.2 Å². The van der Waals surface area contributed by atoms with E-state index < -0.39 is 65.2 Å². The quantitative estimate of drug-likeness (QED) is 0.210. The van der Waals surface area contributed by atoms with Crippen molar-refractivity contribution < 1.29 is 37.2 Å². The summed E-state index contributed by atoms with van der Waals surface area (Å²) in [6.45, 7) is 4.96. The zero-order valence-electron chi connectivity index (χ0n) is 23.7. The molecule has 3 aromatic heterocycles. The maximum Gasteiger partial charge on any atom is 0.194 e. The zero-order chi connectivity index (χ0) is 31.2. The Bertz CT molecular complexity index is 1900. The fourth-order valence-corrected chi connectivity index (χ4v) is 7.40. The van der Waals surface area contributed by atoms with Gasteiger partial charge in [-0.05, 0) is 44.5 Å². The maximum absolute atomic E-state index is 15.4. The van der Waals surface area contributed by atoms with Gasteiger partial charge in [0.25, 0.3) is 0 Å². The Morgan fingerprint density at radius 2 is 1.77 bits per heavy atom. The maximum atomic E-state index is 15.4. The first-order chi connectivity index (χ1) is 20.9. The molecular weight excluding hydrogens is 604 g/mol. The lowest BCUT2D eigenvalue weighted by molar-refractivity contribution is -0.215. The minimum Gasteiger partial charge on any atom is -0.391 e. The van der Waals surface area contributed by atoms with Crippen LogP contribution in [0.15, 0.2) is 36.7 Å². The molecule has 2 aliphatic rings. The number of methoxy groups -OCH3 is 1. The predicted octanol–water partition coefficient (Wildman–Crippen LogP) is 4.35. The number of hydrogen-bond acceptors (Lipinski definition) is 9. The molecule has 1 saturated heterocycles. The highest BCUT2D eigenvalue weighted by Gasteiger charge is 2.78. The Balaban J connectivity index is 1.28. The fraction of sp³-hybridized carbons (Fsp3) is 0.379. The number of rotatable bonds is 6. The average molecular weight is 631 g/mol. The Morgan fingerprint density at radius 3 is 2.45 bits per heavy atom. The molecule has 0 radical (unpaired) electrons. The second kappa shape index (κ2) is 10.1. The van der Waals surface area contributed by atoms with Crippen LogP contribution in [0.4, 0.5) is 17.6 Å². The van der Waals surface area contributed by atoms with Crippen LogP contribution in [0, 0.1) is 43.0 Å². The number of fused-ring (bicyclic) bond motifs is 2. The Kier molecular flexibility index (Phi) is 6.68. The number of halogens is 4. The highest BCUT2D eigenvalue weighted by atomic mass is 32.1. The van der Waals surface area contributed by atoms with Crippen molar-refractivity contribution in [3.8, 4) is 16.8 Å².